The molecule has 2 heteroatoms. The molecule has 0 radical (unpaired) electrons. The van der Waals surface area contributed by atoms with Gasteiger partial charge in [0.1, 0.15) is 5.69 Å². The summed E-state index contributed by atoms with van der Waals surface area (Å²) < 4.78 is 48.5. The van der Waals surface area contributed by atoms with Crippen molar-refractivity contribution in [1.82, 2.24) is 4.98 Å². The van der Waals surface area contributed by atoms with Crippen molar-refractivity contribution < 1.29 is 12.8 Å². The van der Waals surface area contributed by atoms with Crippen molar-refractivity contribution in [2.75, 3.05) is 0 Å². The van der Waals surface area contributed by atoms with Crippen molar-refractivity contribution in [1.29, 1.82) is 0 Å². The van der Waals surface area contributed by atoms with Gasteiger partial charge in [-0.3, -0.25) is 0 Å². The first-order chi connectivity index (χ1) is 12.0. The van der Waals surface area contributed by atoms with Crippen LogP contribution in [0.5, 0.6) is 0 Å². The summed E-state index contributed by atoms with van der Waals surface area (Å²) in [7, 11) is 1.81. The zero-order valence-electron chi connectivity index (χ0n) is 17.4. The van der Waals surface area contributed by atoms with E-state index in [-0.39, 0.29) is 11.1 Å². The molecule has 0 amide bonds. The van der Waals surface area contributed by atoms with Crippen LogP contribution in [0.15, 0.2) is 42.7 Å². The van der Waals surface area contributed by atoms with Crippen LogP contribution in [-0.4, -0.2) is 4.98 Å². The van der Waals surface area contributed by atoms with Gasteiger partial charge < -0.3 is 0 Å². The maximum absolute atomic E-state index is 7.82. The van der Waals surface area contributed by atoms with Crippen molar-refractivity contribution in [3.8, 4) is 11.3 Å². The van der Waals surface area contributed by atoms with Gasteiger partial charge in [-0.05, 0) is 54.9 Å². The highest BCUT2D eigenvalue weighted by Crippen LogP contribution is 2.29. The molecule has 0 atom stereocenters. The largest absolute Gasteiger partial charge is 0.287 e. The molecule has 2 aromatic carbocycles. The molecule has 1 heterocycles. The minimum absolute atomic E-state index is 0.0186. The topological polar surface area (TPSA) is 16.8 Å². The van der Waals surface area contributed by atoms with Gasteiger partial charge in [0.2, 0.25) is 0 Å². The molecule has 3 rings (SSSR count). The molecule has 0 saturated heterocycles. The Labute approximate surface area is 128 Å². The number of fused-ring (bicyclic) bond motifs is 1. The minimum Gasteiger partial charge on any atom is -0.232 e. The number of nitrogens with zero attached hydrogens (tertiary/aromatic N) is 2. The zero-order valence-corrected chi connectivity index (χ0v) is 11.4. The summed E-state index contributed by atoms with van der Waals surface area (Å²) in [6.07, 6.45) is 1.65. The van der Waals surface area contributed by atoms with Gasteiger partial charge in [-0.1, -0.05) is 23.8 Å². The second-order valence-corrected chi connectivity index (χ2v) is 4.92. The van der Waals surface area contributed by atoms with Crippen molar-refractivity contribution in [2.24, 2.45) is 7.05 Å². The molecule has 0 bridgehead atoms. The Balaban J connectivity index is 2.45. The summed E-state index contributed by atoms with van der Waals surface area (Å²) in [4.78, 5) is 4.38. The lowest BCUT2D eigenvalue weighted by atomic mass is 9.95. The zero-order chi connectivity index (χ0) is 19.3. The highest BCUT2D eigenvalue weighted by Gasteiger charge is 2.17. The SMILES string of the molecule is [2H]C([2H])([2H])c1cc(-c2c3ccccc3nc[n+]2C)c(C)c(C([2H])([2H])[2H])c1. The Morgan fingerprint density at radius 3 is 2.80 bits per heavy atom. The van der Waals surface area contributed by atoms with E-state index in [4.69, 9.17) is 8.22 Å². The second-order valence-electron chi connectivity index (χ2n) is 4.92. The molecule has 100 valence electrons. The smallest absolute Gasteiger partial charge is 0.232 e. The van der Waals surface area contributed by atoms with E-state index in [0.717, 1.165) is 16.6 Å². The molecule has 0 unspecified atom stereocenters. The lowest BCUT2D eigenvalue weighted by Gasteiger charge is -2.12. The first-order valence-corrected chi connectivity index (χ1v) is 6.39. The fourth-order valence-electron chi connectivity index (χ4n) is 2.48. The fraction of sp³-hybridized carbons (Fsp3) is 0.222. The van der Waals surface area contributed by atoms with E-state index in [1.54, 1.807) is 23.9 Å². The molecular formula is C18H19N2+. The van der Waals surface area contributed by atoms with Gasteiger partial charge in [0.05, 0.1) is 12.4 Å². The molecule has 0 aliphatic carbocycles. The van der Waals surface area contributed by atoms with E-state index in [1.165, 1.54) is 6.07 Å². The van der Waals surface area contributed by atoms with E-state index in [1.807, 2.05) is 31.3 Å². The Morgan fingerprint density at radius 2 is 2.00 bits per heavy atom. The molecule has 0 saturated carbocycles. The molecular weight excluding hydrogens is 244 g/mol. The van der Waals surface area contributed by atoms with Crippen LogP contribution in [-0.2, 0) is 7.05 Å². The quantitative estimate of drug-likeness (QED) is 0.616. The van der Waals surface area contributed by atoms with Crippen molar-refractivity contribution in [2.45, 2.75) is 20.6 Å². The molecule has 20 heavy (non-hydrogen) atoms. The van der Waals surface area contributed by atoms with Crippen LogP contribution in [0.3, 0.4) is 0 Å². The van der Waals surface area contributed by atoms with Gasteiger partial charge in [-0.15, -0.1) is 0 Å². The van der Waals surface area contributed by atoms with Gasteiger partial charge in [0.15, 0.2) is 5.52 Å². The highest BCUT2D eigenvalue weighted by molar-refractivity contribution is 5.91. The first-order valence-electron chi connectivity index (χ1n) is 9.39. The van der Waals surface area contributed by atoms with E-state index < -0.39 is 13.7 Å². The average Bonchev–Trinajstić information content (AvgIpc) is 2.53. The van der Waals surface area contributed by atoms with Gasteiger partial charge in [0, 0.05) is 13.8 Å². The van der Waals surface area contributed by atoms with Gasteiger partial charge in [-0.2, -0.15) is 0 Å². The van der Waals surface area contributed by atoms with E-state index in [2.05, 4.69) is 4.98 Å². The van der Waals surface area contributed by atoms with E-state index >= 15 is 0 Å². The second kappa shape index (κ2) is 4.71. The van der Waals surface area contributed by atoms with Crippen LogP contribution in [0, 0.1) is 20.6 Å². The number of para-hydroxylation sites is 1. The summed E-state index contributed by atoms with van der Waals surface area (Å²) in [5.74, 6) is 0. The van der Waals surface area contributed by atoms with E-state index in [9.17, 15) is 0 Å². The summed E-state index contributed by atoms with van der Waals surface area (Å²) >= 11 is 0. The summed E-state index contributed by atoms with van der Waals surface area (Å²) in [6, 6.07) is 10.4. The lowest BCUT2D eigenvalue weighted by molar-refractivity contribution is -0.662. The normalized spacial score (nSPS) is 16.7. The van der Waals surface area contributed by atoms with Crippen LogP contribution >= 0.6 is 0 Å². The number of rotatable bonds is 1. The number of hydrogen-bond donors (Lipinski definition) is 0. The lowest BCUT2D eigenvalue weighted by Crippen LogP contribution is -2.31. The van der Waals surface area contributed by atoms with Crippen molar-refractivity contribution in [3.05, 3.63) is 59.4 Å². The van der Waals surface area contributed by atoms with Crippen LogP contribution < -0.4 is 4.57 Å². The molecule has 0 aliphatic rings. The number of aryl methyl sites for hydroxylation is 3. The fourth-order valence-corrected chi connectivity index (χ4v) is 2.48. The molecule has 0 N–H and O–H groups in total. The van der Waals surface area contributed by atoms with Crippen molar-refractivity contribution >= 4 is 10.9 Å². The number of hydrogen-bond acceptors (Lipinski definition) is 1. The molecule has 2 nitrogen and oxygen atoms in total. The summed E-state index contributed by atoms with van der Waals surface area (Å²) in [6.45, 7) is -3.08. The predicted molar refractivity (Wildman–Crippen MR) is 82.6 cm³/mol. The Bertz CT molecular complexity index is 989. The molecule has 0 spiro atoms. The molecule has 3 aromatic rings. The molecule has 1 aromatic heterocycles. The monoisotopic (exact) mass is 269 g/mol. The maximum Gasteiger partial charge on any atom is 0.287 e. The van der Waals surface area contributed by atoms with Crippen LogP contribution in [0.1, 0.15) is 24.9 Å². The van der Waals surface area contributed by atoms with Crippen LogP contribution in [0.2, 0.25) is 0 Å². The van der Waals surface area contributed by atoms with Crippen LogP contribution in [0.4, 0.5) is 0 Å². The Kier molecular flexibility index (Phi) is 1.77. The maximum atomic E-state index is 7.82. The Morgan fingerprint density at radius 1 is 1.15 bits per heavy atom. The third-order valence-corrected chi connectivity index (χ3v) is 3.54. The summed E-state index contributed by atoms with van der Waals surface area (Å²) in [5, 5.41) is 0.833. The molecule has 0 fully saturated rings. The van der Waals surface area contributed by atoms with Crippen molar-refractivity contribution in [3.63, 3.8) is 0 Å². The van der Waals surface area contributed by atoms with Gasteiger partial charge in [0.25, 0.3) is 6.33 Å². The third kappa shape index (κ3) is 1.97. The third-order valence-electron chi connectivity index (χ3n) is 3.54. The molecule has 0 aliphatic heterocycles. The highest BCUT2D eigenvalue weighted by atomic mass is 15.0. The van der Waals surface area contributed by atoms with E-state index in [0.29, 0.717) is 11.1 Å². The average molecular weight is 269 g/mol. The van der Waals surface area contributed by atoms with Gasteiger partial charge >= 0.3 is 0 Å². The number of aromatic nitrogens is 2. The first kappa shape index (κ1) is 7.53. The van der Waals surface area contributed by atoms with Crippen LogP contribution in [0.25, 0.3) is 22.2 Å². The number of benzene rings is 2. The minimum atomic E-state index is -2.40. The Hall–Kier alpha value is -2.22. The predicted octanol–water partition coefficient (Wildman–Crippen LogP) is 3.65. The summed E-state index contributed by atoms with van der Waals surface area (Å²) in [5.41, 5.74) is 2.71. The van der Waals surface area contributed by atoms with Gasteiger partial charge in [-0.25, -0.2) is 4.57 Å². The standard InChI is InChI=1S/C18H19N2/c1-12-9-13(2)14(3)16(10-12)18-15-7-5-6-8-17(15)19-11-20(18)4/h5-11H,1-4H3/q+1/i1D3,2D3.